The molecule has 0 saturated carbocycles. The number of esters is 1. The first kappa shape index (κ1) is 18.8. The number of halogens is 2. The number of aromatic nitrogens is 2. The normalized spacial score (nSPS) is 11.6. The Labute approximate surface area is 152 Å². The molecule has 0 aliphatic heterocycles. The lowest BCUT2D eigenvalue weighted by Crippen LogP contribution is -2.19. The van der Waals surface area contributed by atoms with E-state index in [0.29, 0.717) is 34.5 Å². The van der Waals surface area contributed by atoms with E-state index in [1.54, 1.807) is 29.8 Å². The van der Waals surface area contributed by atoms with E-state index in [4.69, 9.17) is 27.9 Å². The maximum Gasteiger partial charge on any atom is 0.359 e. The third-order valence-electron chi connectivity index (χ3n) is 3.65. The van der Waals surface area contributed by atoms with Gasteiger partial charge in [0.1, 0.15) is 0 Å². The molecular formula is C18H22Cl2N2O2. The summed E-state index contributed by atoms with van der Waals surface area (Å²) in [5.74, 6) is -0.413. The second kappa shape index (κ2) is 7.16. The molecule has 0 radical (unpaired) electrons. The van der Waals surface area contributed by atoms with Crippen molar-refractivity contribution in [2.45, 2.75) is 46.5 Å². The number of rotatable bonds is 4. The van der Waals surface area contributed by atoms with E-state index in [-0.39, 0.29) is 5.41 Å². The molecule has 0 saturated heterocycles. The number of benzene rings is 1. The van der Waals surface area contributed by atoms with Crippen molar-refractivity contribution in [2.24, 2.45) is 0 Å². The summed E-state index contributed by atoms with van der Waals surface area (Å²) in [6.45, 7) is 10.3. The van der Waals surface area contributed by atoms with Crippen LogP contribution in [0.25, 0.3) is 5.69 Å². The molecule has 0 aliphatic carbocycles. The van der Waals surface area contributed by atoms with Crippen molar-refractivity contribution in [1.82, 2.24) is 9.78 Å². The van der Waals surface area contributed by atoms with Gasteiger partial charge in [-0.1, -0.05) is 50.9 Å². The minimum atomic E-state index is -0.413. The molecule has 4 nitrogen and oxygen atoms in total. The molecule has 0 atom stereocenters. The molecule has 130 valence electrons. The Morgan fingerprint density at radius 3 is 2.42 bits per heavy atom. The highest BCUT2D eigenvalue weighted by Crippen LogP contribution is 2.34. The molecule has 1 heterocycles. The van der Waals surface area contributed by atoms with Crippen LogP contribution in [-0.4, -0.2) is 22.4 Å². The number of ether oxygens (including phenoxy) is 1. The highest BCUT2D eigenvalue weighted by atomic mass is 35.5. The highest BCUT2D eigenvalue weighted by molar-refractivity contribution is 6.35. The second-order valence-electron chi connectivity index (χ2n) is 6.51. The maximum atomic E-state index is 12.3. The number of nitrogens with zero attached hydrogens (tertiary/aromatic N) is 2. The lowest BCUT2D eigenvalue weighted by molar-refractivity contribution is 0.0517. The van der Waals surface area contributed by atoms with Crippen LogP contribution in [0.5, 0.6) is 0 Å². The van der Waals surface area contributed by atoms with Crippen LogP contribution in [0.3, 0.4) is 0 Å². The van der Waals surface area contributed by atoms with E-state index in [0.717, 1.165) is 11.3 Å². The molecular weight excluding hydrogens is 347 g/mol. The highest BCUT2D eigenvalue weighted by Gasteiger charge is 2.30. The van der Waals surface area contributed by atoms with Gasteiger partial charge in [-0.2, -0.15) is 5.10 Å². The Balaban J connectivity index is 2.77. The van der Waals surface area contributed by atoms with Gasteiger partial charge < -0.3 is 4.74 Å². The predicted octanol–water partition coefficient (Wildman–Crippen LogP) is 5.22. The molecule has 2 aromatic rings. The van der Waals surface area contributed by atoms with E-state index in [1.165, 1.54) is 0 Å². The van der Waals surface area contributed by atoms with Gasteiger partial charge in [0.2, 0.25) is 0 Å². The molecule has 0 bridgehead atoms. The molecule has 0 aliphatic rings. The smallest absolute Gasteiger partial charge is 0.359 e. The summed E-state index contributed by atoms with van der Waals surface area (Å²) in [6.07, 6.45) is 0.673. The first-order valence-electron chi connectivity index (χ1n) is 7.95. The first-order valence-corrected chi connectivity index (χ1v) is 8.71. The molecule has 6 heteroatoms. The van der Waals surface area contributed by atoms with Gasteiger partial charge in [0.05, 0.1) is 23.0 Å². The zero-order valence-electron chi connectivity index (χ0n) is 14.6. The Kier molecular flexibility index (Phi) is 5.61. The first-order chi connectivity index (χ1) is 11.2. The van der Waals surface area contributed by atoms with E-state index in [9.17, 15) is 4.79 Å². The maximum absolute atomic E-state index is 12.3. The average Bonchev–Trinajstić information content (AvgIpc) is 2.87. The van der Waals surface area contributed by atoms with E-state index < -0.39 is 5.97 Å². The second-order valence-corrected chi connectivity index (χ2v) is 7.35. The van der Waals surface area contributed by atoms with Crippen LogP contribution in [0.15, 0.2) is 18.2 Å². The molecule has 1 aromatic heterocycles. The molecule has 0 amide bonds. The Morgan fingerprint density at radius 2 is 1.92 bits per heavy atom. The van der Waals surface area contributed by atoms with Crippen LogP contribution < -0.4 is 0 Å². The summed E-state index contributed by atoms with van der Waals surface area (Å²) in [5, 5.41) is 5.57. The number of hydrogen-bond donors (Lipinski definition) is 0. The monoisotopic (exact) mass is 368 g/mol. The lowest BCUT2D eigenvalue weighted by atomic mass is 9.87. The Morgan fingerprint density at radius 1 is 1.25 bits per heavy atom. The van der Waals surface area contributed by atoms with Crippen LogP contribution in [0.4, 0.5) is 0 Å². The van der Waals surface area contributed by atoms with Gasteiger partial charge >= 0.3 is 5.97 Å². The third-order valence-corrected chi connectivity index (χ3v) is 4.19. The fourth-order valence-electron chi connectivity index (χ4n) is 2.75. The molecule has 0 unspecified atom stereocenters. The number of carbonyl (C=O) groups excluding carboxylic acids is 1. The summed E-state index contributed by atoms with van der Waals surface area (Å²) >= 11 is 12.4. The van der Waals surface area contributed by atoms with E-state index in [2.05, 4.69) is 25.9 Å². The largest absolute Gasteiger partial charge is 0.461 e. The number of hydrogen-bond acceptors (Lipinski definition) is 3. The summed E-state index contributed by atoms with van der Waals surface area (Å²) in [5.41, 5.74) is 2.63. The van der Waals surface area contributed by atoms with Crippen molar-refractivity contribution >= 4 is 29.2 Å². The standard InChI is InChI=1S/C18H22Cl2N2O2/c1-6-12-15(17(23)24-7-2)21-22(16(12)18(3,4)5)14-9-8-11(19)10-13(14)20/h8-10H,6-7H2,1-5H3. The van der Waals surface area contributed by atoms with Crippen LogP contribution in [-0.2, 0) is 16.6 Å². The van der Waals surface area contributed by atoms with Crippen molar-refractivity contribution < 1.29 is 9.53 Å². The fourth-order valence-corrected chi connectivity index (χ4v) is 3.23. The quantitative estimate of drug-likeness (QED) is 0.695. The average molecular weight is 369 g/mol. The third kappa shape index (κ3) is 3.60. The van der Waals surface area contributed by atoms with Crippen LogP contribution >= 0.6 is 23.2 Å². The molecule has 1 aromatic carbocycles. The molecule has 0 spiro atoms. The van der Waals surface area contributed by atoms with Crippen LogP contribution in [0.1, 0.15) is 56.4 Å². The van der Waals surface area contributed by atoms with Crippen molar-refractivity contribution in [1.29, 1.82) is 0 Å². The molecule has 24 heavy (non-hydrogen) atoms. The fraction of sp³-hybridized carbons (Fsp3) is 0.444. The van der Waals surface area contributed by atoms with Crippen molar-refractivity contribution in [3.63, 3.8) is 0 Å². The minimum Gasteiger partial charge on any atom is -0.461 e. The van der Waals surface area contributed by atoms with Crippen molar-refractivity contribution in [2.75, 3.05) is 6.61 Å². The SMILES string of the molecule is CCOC(=O)c1nn(-c2ccc(Cl)cc2Cl)c(C(C)(C)C)c1CC. The predicted molar refractivity (Wildman–Crippen MR) is 97.6 cm³/mol. The molecule has 0 N–H and O–H groups in total. The van der Waals surface area contributed by atoms with E-state index in [1.807, 2.05) is 6.92 Å². The van der Waals surface area contributed by atoms with Gasteiger partial charge in [0, 0.05) is 16.0 Å². The van der Waals surface area contributed by atoms with Gasteiger partial charge in [-0.05, 0) is 31.5 Å². The zero-order chi connectivity index (χ0) is 18.1. The molecule has 0 fully saturated rings. The summed E-state index contributed by atoms with van der Waals surface area (Å²) < 4.78 is 6.91. The van der Waals surface area contributed by atoms with Crippen LogP contribution in [0, 0.1) is 0 Å². The zero-order valence-corrected chi connectivity index (χ0v) is 16.1. The van der Waals surface area contributed by atoms with Gasteiger partial charge in [-0.25, -0.2) is 9.48 Å². The van der Waals surface area contributed by atoms with Gasteiger partial charge in [0.25, 0.3) is 0 Å². The van der Waals surface area contributed by atoms with Gasteiger partial charge in [-0.3, -0.25) is 0 Å². The topological polar surface area (TPSA) is 44.1 Å². The Bertz CT molecular complexity index is 761. The Hall–Kier alpha value is -1.52. The lowest BCUT2D eigenvalue weighted by Gasteiger charge is -2.23. The van der Waals surface area contributed by atoms with Crippen LogP contribution in [0.2, 0.25) is 10.0 Å². The minimum absolute atomic E-state index is 0.230. The van der Waals surface area contributed by atoms with Crippen molar-refractivity contribution in [3.8, 4) is 5.69 Å². The summed E-state index contributed by atoms with van der Waals surface area (Å²) in [4.78, 5) is 12.3. The number of carbonyl (C=O) groups is 1. The summed E-state index contributed by atoms with van der Waals surface area (Å²) in [6, 6.07) is 5.23. The summed E-state index contributed by atoms with van der Waals surface area (Å²) in [7, 11) is 0. The van der Waals surface area contributed by atoms with Gasteiger partial charge in [-0.15, -0.1) is 0 Å². The van der Waals surface area contributed by atoms with E-state index >= 15 is 0 Å². The van der Waals surface area contributed by atoms with Crippen molar-refractivity contribution in [3.05, 3.63) is 45.2 Å². The van der Waals surface area contributed by atoms with Gasteiger partial charge in [0.15, 0.2) is 5.69 Å². The molecule has 2 rings (SSSR count).